The van der Waals surface area contributed by atoms with Gasteiger partial charge >= 0.3 is 17.9 Å². The van der Waals surface area contributed by atoms with E-state index in [4.69, 9.17) is 35.3 Å². The zero-order valence-corrected chi connectivity index (χ0v) is 22.0. The number of carbonyl (C=O) groups is 3. The van der Waals surface area contributed by atoms with Crippen molar-refractivity contribution in [3.63, 3.8) is 0 Å². The van der Waals surface area contributed by atoms with E-state index in [0.717, 1.165) is 11.1 Å². The number of hydrogen-bond acceptors (Lipinski definition) is 8. The van der Waals surface area contributed by atoms with Gasteiger partial charge in [0.2, 0.25) is 0 Å². The minimum atomic E-state index is -0.697. The summed E-state index contributed by atoms with van der Waals surface area (Å²) in [6.45, 7) is 8.28. The number of alkyl halides is 1. The number of rotatable bonds is 13. The first-order valence-electron chi connectivity index (χ1n) is 11.5. The Balaban J connectivity index is 1.99. The first-order valence-corrected chi connectivity index (χ1v) is 12.0. The maximum absolute atomic E-state index is 11.3. The minimum Gasteiger partial charge on any atom is -0.490 e. The molecule has 0 saturated carbocycles. The Morgan fingerprint density at radius 2 is 1.11 bits per heavy atom. The number of hydrogen-bond donors (Lipinski definition) is 0. The van der Waals surface area contributed by atoms with Gasteiger partial charge < -0.3 is 23.7 Å². The Hall–Kier alpha value is -3.26. The molecule has 0 aliphatic carbocycles. The molecule has 0 fully saturated rings. The summed E-state index contributed by atoms with van der Waals surface area (Å²) in [6, 6.07) is 15.3. The van der Waals surface area contributed by atoms with Crippen molar-refractivity contribution in [2.45, 2.75) is 52.2 Å². The molecule has 8 nitrogen and oxygen atoms in total. The maximum atomic E-state index is 11.3. The Morgan fingerprint density at radius 3 is 1.50 bits per heavy atom. The van der Waals surface area contributed by atoms with Gasteiger partial charge in [0.1, 0.15) is 37.4 Å². The molecule has 196 valence electrons. The molecule has 2 aromatic rings. The molecule has 36 heavy (non-hydrogen) atoms. The second-order valence-electron chi connectivity index (χ2n) is 8.72. The molecular weight excluding hydrogens is 488 g/mol. The average Bonchev–Trinajstić information content (AvgIpc) is 2.83. The summed E-state index contributed by atoms with van der Waals surface area (Å²) >= 11 is 5.82. The van der Waals surface area contributed by atoms with E-state index in [9.17, 15) is 14.4 Å². The van der Waals surface area contributed by atoms with Gasteiger partial charge in [-0.1, -0.05) is 38.1 Å². The molecule has 1 unspecified atom stereocenters. The second-order valence-corrected chi connectivity index (χ2v) is 9.02. The summed E-state index contributed by atoms with van der Waals surface area (Å²) in [4.78, 5) is 33.5. The summed E-state index contributed by atoms with van der Waals surface area (Å²) in [5, 5.41) is 0. The van der Waals surface area contributed by atoms with Gasteiger partial charge in [0.15, 0.2) is 6.10 Å². The van der Waals surface area contributed by atoms with E-state index >= 15 is 0 Å². The number of ether oxygens (including phenoxy) is 5. The lowest BCUT2D eigenvalue weighted by Gasteiger charge is -2.27. The topological polar surface area (TPSA) is 97.4 Å². The van der Waals surface area contributed by atoms with E-state index in [-0.39, 0.29) is 31.1 Å². The average molecular weight is 521 g/mol. The van der Waals surface area contributed by atoms with Crippen LogP contribution < -0.4 is 9.47 Å². The smallest absolute Gasteiger partial charge is 0.303 e. The van der Waals surface area contributed by atoms with Crippen molar-refractivity contribution in [3.8, 4) is 11.5 Å². The molecule has 0 aromatic heterocycles. The van der Waals surface area contributed by atoms with Gasteiger partial charge in [0.05, 0.1) is 5.88 Å². The van der Waals surface area contributed by atoms with E-state index in [1.165, 1.54) is 20.8 Å². The highest BCUT2D eigenvalue weighted by Gasteiger charge is 2.23. The van der Waals surface area contributed by atoms with Gasteiger partial charge in [-0.05, 0) is 35.4 Å². The van der Waals surface area contributed by atoms with Crippen LogP contribution in [0.4, 0.5) is 0 Å². The summed E-state index contributed by atoms with van der Waals surface area (Å²) in [6.07, 6.45) is -1.20. The number of carbonyl (C=O) groups excluding carboxylic acids is 3. The normalized spacial score (nSPS) is 12.7. The first-order chi connectivity index (χ1) is 17.0. The van der Waals surface area contributed by atoms with Crippen molar-refractivity contribution in [2.75, 3.05) is 25.7 Å². The van der Waals surface area contributed by atoms with E-state index in [1.54, 1.807) is 0 Å². The largest absolute Gasteiger partial charge is 0.490 e. The monoisotopic (exact) mass is 520 g/mol. The predicted octanol–water partition coefficient (Wildman–Crippen LogP) is 4.44. The molecule has 0 aliphatic heterocycles. The van der Waals surface area contributed by atoms with Crippen molar-refractivity contribution in [1.29, 1.82) is 0 Å². The molecule has 2 aromatic carbocycles. The highest BCUT2D eigenvalue weighted by Crippen LogP contribution is 2.33. The van der Waals surface area contributed by atoms with Gasteiger partial charge in [-0.25, -0.2) is 0 Å². The van der Waals surface area contributed by atoms with Gasteiger partial charge in [-0.15, -0.1) is 11.6 Å². The van der Waals surface area contributed by atoms with Crippen LogP contribution in [0.5, 0.6) is 11.5 Å². The van der Waals surface area contributed by atoms with Crippen molar-refractivity contribution in [2.24, 2.45) is 0 Å². The van der Waals surface area contributed by atoms with Crippen LogP contribution in [-0.2, 0) is 34.0 Å². The standard InChI is InChI=1S/C27H33ClO8/c1-18(29)32-16-26(36-20(3)31)17-34-24-12-8-22(9-13-24)27(4,5)21-6-10-23(11-7-21)33-15-25(14-28)35-19(2)30/h6-13,25-26H,14-17H2,1-5H3/t25-,26?/m1/s1. The van der Waals surface area contributed by atoms with Crippen LogP contribution in [0.1, 0.15) is 45.7 Å². The maximum Gasteiger partial charge on any atom is 0.303 e. The molecule has 0 amide bonds. The van der Waals surface area contributed by atoms with E-state index in [1.807, 2.05) is 48.5 Å². The zero-order valence-electron chi connectivity index (χ0n) is 21.2. The summed E-state index contributed by atoms with van der Waals surface area (Å²) in [5.41, 5.74) is 1.84. The van der Waals surface area contributed by atoms with Crippen molar-refractivity contribution < 1.29 is 38.1 Å². The Kier molecular flexibility index (Phi) is 11.0. The second kappa shape index (κ2) is 13.7. The van der Waals surface area contributed by atoms with Crippen LogP contribution in [0.3, 0.4) is 0 Å². The van der Waals surface area contributed by atoms with E-state index in [2.05, 4.69) is 13.8 Å². The van der Waals surface area contributed by atoms with Crippen LogP contribution in [-0.4, -0.2) is 55.8 Å². The van der Waals surface area contributed by atoms with Gasteiger partial charge in [0, 0.05) is 26.2 Å². The highest BCUT2D eigenvalue weighted by atomic mass is 35.5. The number of halogens is 1. The third kappa shape index (κ3) is 9.41. The highest BCUT2D eigenvalue weighted by molar-refractivity contribution is 6.18. The van der Waals surface area contributed by atoms with Crippen LogP contribution in [0.15, 0.2) is 48.5 Å². The zero-order chi connectivity index (χ0) is 26.7. The summed E-state index contributed by atoms with van der Waals surface area (Å²) in [5.74, 6) is 0.0638. The lowest BCUT2D eigenvalue weighted by atomic mass is 9.78. The SMILES string of the molecule is CC(=O)OCC(COc1ccc(C(C)(C)c2ccc(OC[C@@H](CCl)OC(C)=O)cc2)cc1)OC(C)=O. The van der Waals surface area contributed by atoms with E-state index < -0.39 is 30.1 Å². The third-order valence-electron chi connectivity index (χ3n) is 5.33. The summed E-state index contributed by atoms with van der Waals surface area (Å²) < 4.78 is 26.6. The van der Waals surface area contributed by atoms with Crippen LogP contribution in [0.2, 0.25) is 0 Å². The first kappa shape index (κ1) is 29.0. The van der Waals surface area contributed by atoms with E-state index in [0.29, 0.717) is 11.5 Å². The van der Waals surface area contributed by atoms with Crippen LogP contribution in [0, 0.1) is 0 Å². The molecule has 2 rings (SSSR count). The lowest BCUT2D eigenvalue weighted by Crippen LogP contribution is -2.29. The van der Waals surface area contributed by atoms with Gasteiger partial charge in [0.25, 0.3) is 0 Å². The van der Waals surface area contributed by atoms with Gasteiger partial charge in [-0.3, -0.25) is 14.4 Å². The molecule has 0 radical (unpaired) electrons. The molecule has 0 aliphatic rings. The Morgan fingerprint density at radius 1 is 0.694 bits per heavy atom. The molecule has 0 N–H and O–H groups in total. The predicted molar refractivity (Wildman–Crippen MR) is 134 cm³/mol. The Bertz CT molecular complexity index is 1000. The number of benzene rings is 2. The molecule has 0 spiro atoms. The van der Waals surface area contributed by atoms with Gasteiger partial charge in [-0.2, -0.15) is 0 Å². The van der Waals surface area contributed by atoms with Crippen LogP contribution in [0.25, 0.3) is 0 Å². The Labute approximate surface area is 216 Å². The third-order valence-corrected chi connectivity index (χ3v) is 5.68. The lowest BCUT2D eigenvalue weighted by molar-refractivity contribution is -0.158. The molecule has 0 saturated heterocycles. The van der Waals surface area contributed by atoms with Crippen molar-refractivity contribution in [1.82, 2.24) is 0 Å². The summed E-state index contributed by atoms with van der Waals surface area (Å²) in [7, 11) is 0. The quantitative estimate of drug-likeness (QED) is 0.217. The fraction of sp³-hybridized carbons (Fsp3) is 0.444. The molecule has 9 heteroatoms. The molecular formula is C27H33ClO8. The fourth-order valence-corrected chi connectivity index (χ4v) is 3.54. The molecule has 0 bridgehead atoms. The van der Waals surface area contributed by atoms with Crippen LogP contribution >= 0.6 is 11.6 Å². The fourth-order valence-electron chi connectivity index (χ4n) is 3.39. The minimum absolute atomic E-state index is 0.0547. The number of esters is 3. The van der Waals surface area contributed by atoms with Crippen molar-refractivity contribution >= 4 is 29.5 Å². The molecule has 2 atom stereocenters. The van der Waals surface area contributed by atoms with Crippen molar-refractivity contribution in [3.05, 3.63) is 59.7 Å². The molecule has 0 heterocycles.